The molecule has 6 nitrogen and oxygen atoms in total. The van der Waals surface area contributed by atoms with Gasteiger partial charge in [0.1, 0.15) is 0 Å². The lowest BCUT2D eigenvalue weighted by Crippen LogP contribution is -2.24. The van der Waals surface area contributed by atoms with Gasteiger partial charge in [0.2, 0.25) is 0 Å². The van der Waals surface area contributed by atoms with Crippen molar-refractivity contribution in [3.8, 4) is 0 Å². The van der Waals surface area contributed by atoms with Gasteiger partial charge in [0.25, 0.3) is 0 Å². The number of hydrogen-bond donors (Lipinski definition) is 0. The van der Waals surface area contributed by atoms with Crippen LogP contribution >= 0.6 is 0 Å². The Hall–Kier alpha value is -0.530. The Bertz CT molecular complexity index is 186. The maximum Gasteiger partial charge on any atom is 0.180 e. The first-order chi connectivity index (χ1) is 9.35. The second-order valence-electron chi connectivity index (χ2n) is 3.59. The molecule has 0 bridgehead atoms. The summed E-state index contributed by atoms with van der Waals surface area (Å²) in [5, 5.41) is 0. The molecule has 0 saturated heterocycles. The van der Waals surface area contributed by atoms with Crippen LogP contribution in [0, 0.1) is 0 Å². The predicted molar refractivity (Wildman–Crippen MR) is 73.9 cm³/mol. The van der Waals surface area contributed by atoms with E-state index in [-0.39, 0.29) is 6.29 Å². The minimum Gasteiger partial charge on any atom is -0.377 e. The molecule has 0 radical (unpaired) electrons. The van der Waals surface area contributed by atoms with Crippen molar-refractivity contribution in [2.24, 2.45) is 4.99 Å². The quantitative estimate of drug-likeness (QED) is 0.255. The largest absolute Gasteiger partial charge is 0.377 e. The van der Waals surface area contributed by atoms with Gasteiger partial charge in [-0.25, -0.2) is 0 Å². The molecule has 0 aliphatic carbocycles. The summed E-state index contributed by atoms with van der Waals surface area (Å²) in [4.78, 5) is 3.68. The molecule has 6 heteroatoms. The third-order valence-electron chi connectivity index (χ3n) is 2.10. The highest BCUT2D eigenvalue weighted by Gasteiger charge is 2.07. The number of nitrogens with zero attached hydrogens (tertiary/aromatic N) is 1. The van der Waals surface area contributed by atoms with E-state index in [9.17, 15) is 0 Å². The van der Waals surface area contributed by atoms with E-state index in [1.165, 1.54) is 0 Å². The Kier molecular flexibility index (Phi) is 15.1. The van der Waals surface area contributed by atoms with Crippen molar-refractivity contribution in [1.82, 2.24) is 0 Å². The molecule has 0 aromatic heterocycles. The fourth-order valence-electron chi connectivity index (χ4n) is 1.26. The summed E-state index contributed by atoms with van der Waals surface area (Å²) in [7, 11) is 0. The van der Waals surface area contributed by atoms with Crippen molar-refractivity contribution in [2.45, 2.75) is 20.1 Å². The molecular formula is C13H27NO5. The molecule has 0 heterocycles. The second-order valence-corrected chi connectivity index (χ2v) is 3.59. The predicted octanol–water partition coefficient (Wildman–Crippen LogP) is 1.14. The summed E-state index contributed by atoms with van der Waals surface area (Å²) in [5.41, 5.74) is 0. The van der Waals surface area contributed by atoms with E-state index >= 15 is 0 Å². The van der Waals surface area contributed by atoms with Gasteiger partial charge in [0, 0.05) is 13.2 Å². The number of hydrogen-bond acceptors (Lipinski definition) is 6. The normalized spacial score (nSPS) is 11.1. The maximum absolute atomic E-state index is 5.41. The first kappa shape index (κ1) is 18.5. The lowest BCUT2D eigenvalue weighted by molar-refractivity contribution is -0.169. The van der Waals surface area contributed by atoms with E-state index in [1.54, 1.807) is 0 Å². The molecule has 0 amide bonds. The molecule has 0 aromatic carbocycles. The number of ether oxygens (including phenoxy) is 5. The first-order valence-corrected chi connectivity index (χ1v) is 6.74. The summed E-state index contributed by atoms with van der Waals surface area (Å²) in [6.07, 6.45) is -0.287. The molecule has 19 heavy (non-hydrogen) atoms. The zero-order valence-corrected chi connectivity index (χ0v) is 12.1. The zero-order valence-electron chi connectivity index (χ0n) is 12.1. The lowest BCUT2D eigenvalue weighted by atomic mass is 10.6. The van der Waals surface area contributed by atoms with Crippen molar-refractivity contribution in [1.29, 1.82) is 0 Å². The van der Waals surface area contributed by atoms with Gasteiger partial charge >= 0.3 is 0 Å². The molecule has 0 aliphatic rings. The molecule has 0 spiro atoms. The fraction of sp³-hybridized carbons (Fsp3) is 0.923. The third-order valence-corrected chi connectivity index (χ3v) is 2.10. The van der Waals surface area contributed by atoms with Crippen molar-refractivity contribution in [3.63, 3.8) is 0 Å². The Balaban J connectivity index is 3.22. The molecular weight excluding hydrogens is 250 g/mol. The van der Waals surface area contributed by atoms with Crippen molar-refractivity contribution >= 4 is 6.72 Å². The van der Waals surface area contributed by atoms with Crippen LogP contribution in [0.1, 0.15) is 13.8 Å². The minimum atomic E-state index is -0.287. The van der Waals surface area contributed by atoms with Crippen LogP contribution < -0.4 is 0 Å². The highest BCUT2D eigenvalue weighted by atomic mass is 16.7. The van der Waals surface area contributed by atoms with Gasteiger partial charge < -0.3 is 23.7 Å². The van der Waals surface area contributed by atoms with Gasteiger partial charge in [-0.1, -0.05) is 0 Å². The van der Waals surface area contributed by atoms with Crippen molar-refractivity contribution < 1.29 is 23.7 Å². The van der Waals surface area contributed by atoms with E-state index in [4.69, 9.17) is 23.7 Å². The summed E-state index contributed by atoms with van der Waals surface area (Å²) in [6, 6.07) is 0. The fourth-order valence-corrected chi connectivity index (χ4v) is 1.26. The topological polar surface area (TPSA) is 58.5 Å². The highest BCUT2D eigenvalue weighted by Crippen LogP contribution is 1.96. The van der Waals surface area contributed by atoms with Crippen LogP contribution in [-0.4, -0.2) is 72.4 Å². The van der Waals surface area contributed by atoms with Gasteiger partial charge in [-0.05, 0) is 20.6 Å². The summed E-state index contributed by atoms with van der Waals surface area (Å²) in [5.74, 6) is 0. The van der Waals surface area contributed by atoms with Crippen LogP contribution in [0.3, 0.4) is 0 Å². The van der Waals surface area contributed by atoms with E-state index < -0.39 is 0 Å². The van der Waals surface area contributed by atoms with Gasteiger partial charge in [-0.15, -0.1) is 0 Å². The van der Waals surface area contributed by atoms with Gasteiger partial charge in [-0.3, -0.25) is 4.99 Å². The van der Waals surface area contributed by atoms with E-state index in [1.807, 2.05) is 13.8 Å². The van der Waals surface area contributed by atoms with Crippen LogP contribution in [-0.2, 0) is 23.7 Å². The molecule has 0 atom stereocenters. The molecule has 0 N–H and O–H groups in total. The van der Waals surface area contributed by atoms with Crippen LogP contribution in [0.15, 0.2) is 4.99 Å². The van der Waals surface area contributed by atoms with Gasteiger partial charge in [0.15, 0.2) is 6.29 Å². The van der Waals surface area contributed by atoms with Crippen LogP contribution in [0.4, 0.5) is 0 Å². The molecule has 0 rings (SSSR count). The number of rotatable bonds is 15. The summed E-state index contributed by atoms with van der Waals surface area (Å²) < 4.78 is 26.7. The van der Waals surface area contributed by atoms with E-state index in [0.29, 0.717) is 59.4 Å². The zero-order chi connectivity index (χ0) is 14.2. The molecule has 0 unspecified atom stereocenters. The summed E-state index contributed by atoms with van der Waals surface area (Å²) >= 11 is 0. The van der Waals surface area contributed by atoms with E-state index in [0.717, 1.165) is 0 Å². The Morgan fingerprint density at radius 3 is 1.89 bits per heavy atom. The number of aliphatic imine (C=N–C) groups is 1. The van der Waals surface area contributed by atoms with Crippen LogP contribution in [0.2, 0.25) is 0 Å². The second kappa shape index (κ2) is 15.5. The van der Waals surface area contributed by atoms with Crippen molar-refractivity contribution in [3.05, 3.63) is 0 Å². The lowest BCUT2D eigenvalue weighted by Gasteiger charge is -2.16. The average Bonchev–Trinajstić information content (AvgIpc) is 2.41. The smallest absolute Gasteiger partial charge is 0.180 e. The monoisotopic (exact) mass is 277 g/mol. The molecule has 0 saturated carbocycles. The molecule has 0 aliphatic heterocycles. The first-order valence-electron chi connectivity index (χ1n) is 6.74. The molecule has 114 valence electrons. The standard InChI is InChI=1S/C13H27NO5/c1-4-18-13(19-5-2)12-17-11-10-16-9-8-15-7-6-14-3/h13H,3-12H2,1-2H3. The van der Waals surface area contributed by atoms with Crippen LogP contribution in [0.25, 0.3) is 0 Å². The Morgan fingerprint density at radius 1 is 0.842 bits per heavy atom. The van der Waals surface area contributed by atoms with Gasteiger partial charge in [0.05, 0.1) is 46.2 Å². The molecule has 0 aromatic rings. The van der Waals surface area contributed by atoms with Gasteiger partial charge in [-0.2, -0.15) is 0 Å². The third kappa shape index (κ3) is 13.7. The highest BCUT2D eigenvalue weighted by molar-refractivity contribution is 5.22. The summed E-state index contributed by atoms with van der Waals surface area (Å²) in [6.45, 7) is 12.3. The Morgan fingerprint density at radius 2 is 1.37 bits per heavy atom. The van der Waals surface area contributed by atoms with Crippen molar-refractivity contribution in [2.75, 3.05) is 59.4 Å². The molecule has 0 fully saturated rings. The van der Waals surface area contributed by atoms with Crippen LogP contribution in [0.5, 0.6) is 0 Å². The van der Waals surface area contributed by atoms with E-state index in [2.05, 4.69) is 11.7 Å². The Labute approximate surface area is 116 Å². The minimum absolute atomic E-state index is 0.287. The maximum atomic E-state index is 5.41. The average molecular weight is 277 g/mol. The SMILES string of the molecule is C=NCCOCCOCCOCC(OCC)OCC.